The van der Waals surface area contributed by atoms with Gasteiger partial charge in [-0.25, -0.2) is 4.79 Å². The lowest BCUT2D eigenvalue weighted by Crippen LogP contribution is -2.46. The zero-order chi connectivity index (χ0) is 26.1. The van der Waals surface area contributed by atoms with Crippen LogP contribution in [-0.2, 0) is 13.0 Å². The van der Waals surface area contributed by atoms with Gasteiger partial charge in [-0.05, 0) is 37.1 Å². The van der Waals surface area contributed by atoms with Gasteiger partial charge in [-0.15, -0.1) is 0 Å². The monoisotopic (exact) mass is 518 g/mol. The maximum absolute atomic E-state index is 11.7. The van der Waals surface area contributed by atoms with Crippen LogP contribution in [0, 0.1) is 0 Å². The number of rotatable bonds is 5. The number of aromatic hydroxyl groups is 1. The van der Waals surface area contributed by atoms with Gasteiger partial charge in [0.05, 0.1) is 18.3 Å². The fraction of sp³-hybridized carbons (Fsp3) is 0.464. The molecule has 3 N–H and O–H groups in total. The number of anilines is 2. The summed E-state index contributed by atoms with van der Waals surface area (Å²) in [5.74, 6) is 1.17. The first-order valence-electron chi connectivity index (χ1n) is 13.5. The molecule has 2 fully saturated rings. The lowest BCUT2D eigenvalue weighted by Gasteiger charge is -2.36. The van der Waals surface area contributed by atoms with E-state index in [0.29, 0.717) is 19.1 Å². The summed E-state index contributed by atoms with van der Waals surface area (Å²) < 4.78 is 6.13. The number of hydrogen-bond donors (Lipinski definition) is 3. The Morgan fingerprint density at radius 2 is 1.89 bits per heavy atom. The second-order valence-electron chi connectivity index (χ2n) is 10.3. The molecule has 0 aliphatic carbocycles. The van der Waals surface area contributed by atoms with Crippen molar-refractivity contribution in [2.45, 2.75) is 38.3 Å². The minimum Gasteiger partial charge on any atom is -0.508 e. The van der Waals surface area contributed by atoms with Crippen molar-refractivity contribution >= 4 is 28.4 Å². The fourth-order valence-corrected chi connectivity index (χ4v) is 5.93. The van der Waals surface area contributed by atoms with Gasteiger partial charge in [0.15, 0.2) is 0 Å². The molecule has 3 aromatic rings. The molecule has 200 valence electrons. The molecule has 2 aromatic carbocycles. The Morgan fingerprint density at radius 3 is 2.74 bits per heavy atom. The Hall–Kier alpha value is -3.79. The molecular weight excluding hydrogens is 484 g/mol. The van der Waals surface area contributed by atoms with Gasteiger partial charge in [0.25, 0.3) is 0 Å². The number of ether oxygens (including phenoxy) is 1. The number of benzene rings is 2. The second kappa shape index (κ2) is 10.5. The number of phenolic OH excluding ortho intramolecular Hbond substituents is 1. The largest absolute Gasteiger partial charge is 0.508 e. The molecule has 1 aromatic heterocycles. The summed E-state index contributed by atoms with van der Waals surface area (Å²) in [6.45, 7) is 5.65. The van der Waals surface area contributed by atoms with Gasteiger partial charge >= 0.3 is 12.1 Å². The van der Waals surface area contributed by atoms with E-state index in [1.807, 2.05) is 24.3 Å². The predicted octanol–water partition coefficient (Wildman–Crippen LogP) is 3.22. The van der Waals surface area contributed by atoms with Crippen molar-refractivity contribution in [2.75, 3.05) is 55.7 Å². The number of piperidine rings is 1. The van der Waals surface area contributed by atoms with Crippen molar-refractivity contribution < 1.29 is 19.7 Å². The van der Waals surface area contributed by atoms with Crippen LogP contribution in [0.5, 0.6) is 11.8 Å². The molecule has 3 aliphatic rings. The topological polar surface area (TPSA) is 114 Å². The zero-order valence-corrected chi connectivity index (χ0v) is 21.5. The average molecular weight is 519 g/mol. The minimum absolute atomic E-state index is 0.196. The zero-order valence-electron chi connectivity index (χ0n) is 21.5. The number of carbonyl (C=O) groups is 1. The van der Waals surface area contributed by atoms with Gasteiger partial charge in [0, 0.05) is 62.0 Å². The van der Waals surface area contributed by atoms with Crippen molar-refractivity contribution in [1.29, 1.82) is 0 Å². The molecular formula is C28H34N6O4. The van der Waals surface area contributed by atoms with Gasteiger partial charge in [-0.3, -0.25) is 0 Å². The molecule has 10 nitrogen and oxygen atoms in total. The lowest BCUT2D eigenvalue weighted by atomic mass is 10.0. The molecule has 1 unspecified atom stereocenters. The quantitative estimate of drug-likeness (QED) is 0.468. The second-order valence-corrected chi connectivity index (χ2v) is 10.3. The molecule has 38 heavy (non-hydrogen) atoms. The van der Waals surface area contributed by atoms with Crippen LogP contribution in [0.2, 0.25) is 0 Å². The van der Waals surface area contributed by atoms with Crippen LogP contribution in [0.15, 0.2) is 36.4 Å². The Bertz CT molecular complexity index is 1330. The summed E-state index contributed by atoms with van der Waals surface area (Å²) in [6, 6.07) is 11.8. The number of fused-ring (bicyclic) bond motifs is 2. The highest BCUT2D eigenvalue weighted by Crippen LogP contribution is 2.36. The van der Waals surface area contributed by atoms with Crippen LogP contribution >= 0.6 is 0 Å². The third-order valence-corrected chi connectivity index (χ3v) is 7.88. The van der Waals surface area contributed by atoms with E-state index >= 15 is 0 Å². The van der Waals surface area contributed by atoms with Crippen molar-refractivity contribution in [3.05, 3.63) is 47.7 Å². The highest BCUT2D eigenvalue weighted by molar-refractivity contribution is 5.95. The Labute approximate surface area is 221 Å². The van der Waals surface area contributed by atoms with E-state index in [2.05, 4.69) is 21.2 Å². The highest BCUT2D eigenvalue weighted by Gasteiger charge is 2.30. The van der Waals surface area contributed by atoms with E-state index in [-0.39, 0.29) is 18.4 Å². The molecule has 6 rings (SSSR count). The fourth-order valence-electron chi connectivity index (χ4n) is 5.93. The van der Waals surface area contributed by atoms with E-state index in [1.54, 1.807) is 6.07 Å². The molecule has 3 aliphatic heterocycles. The molecule has 2 saturated heterocycles. The standard InChI is InChI=1S/C28H34N6O4/c35-21-15-19-5-1-2-7-22(19)25(16-21)33-12-8-23-24(17-33)30-27(31-26(23)32-13-9-29-10-14-32)38-18-20-6-3-4-11-34(20)28(36)37/h1-2,5,7,15-16,20,29,35H,3-4,6,8-14,17-18H2,(H,36,37). The lowest BCUT2D eigenvalue weighted by molar-refractivity contribution is 0.0813. The average Bonchev–Trinajstić information content (AvgIpc) is 2.95. The molecule has 0 bridgehead atoms. The number of aromatic nitrogens is 2. The summed E-state index contributed by atoms with van der Waals surface area (Å²) in [5.41, 5.74) is 3.04. The summed E-state index contributed by atoms with van der Waals surface area (Å²) in [5, 5.41) is 25.5. The van der Waals surface area contributed by atoms with Gasteiger partial charge in [-0.2, -0.15) is 9.97 Å². The smallest absolute Gasteiger partial charge is 0.407 e. The van der Waals surface area contributed by atoms with Crippen molar-refractivity contribution in [2.24, 2.45) is 0 Å². The van der Waals surface area contributed by atoms with Gasteiger partial charge in [0.1, 0.15) is 18.2 Å². The number of carboxylic acid groups (broad SMARTS) is 1. The van der Waals surface area contributed by atoms with Crippen LogP contribution in [0.25, 0.3) is 10.8 Å². The predicted molar refractivity (Wildman–Crippen MR) is 145 cm³/mol. The van der Waals surface area contributed by atoms with Crippen LogP contribution in [0.4, 0.5) is 16.3 Å². The first-order chi connectivity index (χ1) is 18.6. The van der Waals surface area contributed by atoms with E-state index in [0.717, 1.165) is 91.9 Å². The van der Waals surface area contributed by atoms with E-state index in [1.165, 1.54) is 4.90 Å². The summed E-state index contributed by atoms with van der Waals surface area (Å²) in [7, 11) is 0. The van der Waals surface area contributed by atoms with Crippen LogP contribution in [0.3, 0.4) is 0 Å². The van der Waals surface area contributed by atoms with Crippen molar-refractivity contribution in [3.8, 4) is 11.8 Å². The number of likely N-dealkylation sites (tertiary alicyclic amines) is 1. The van der Waals surface area contributed by atoms with E-state index in [9.17, 15) is 15.0 Å². The maximum Gasteiger partial charge on any atom is 0.407 e. The van der Waals surface area contributed by atoms with E-state index < -0.39 is 6.09 Å². The van der Waals surface area contributed by atoms with Gasteiger partial charge < -0.3 is 35.0 Å². The van der Waals surface area contributed by atoms with Crippen LogP contribution in [0.1, 0.15) is 30.5 Å². The van der Waals surface area contributed by atoms with E-state index in [4.69, 9.17) is 14.7 Å². The first-order valence-corrected chi connectivity index (χ1v) is 13.5. The summed E-state index contributed by atoms with van der Waals surface area (Å²) in [6.07, 6.45) is 2.53. The normalized spacial score (nSPS) is 19.9. The molecule has 4 heterocycles. The van der Waals surface area contributed by atoms with Crippen LogP contribution in [-0.4, -0.2) is 83.1 Å². The number of amides is 1. The van der Waals surface area contributed by atoms with Crippen LogP contribution < -0.4 is 19.9 Å². The SMILES string of the molecule is O=C(O)N1CCCCC1COc1nc2c(c(N3CCNCC3)n1)CCN(c1cc(O)cc3ccccc13)C2. The van der Waals surface area contributed by atoms with Gasteiger partial charge in [0.2, 0.25) is 0 Å². The number of nitrogens with one attached hydrogen (secondary N) is 1. The van der Waals surface area contributed by atoms with Gasteiger partial charge in [-0.1, -0.05) is 24.3 Å². The Kier molecular flexibility index (Phi) is 6.80. The van der Waals surface area contributed by atoms with Crippen molar-refractivity contribution in [1.82, 2.24) is 20.2 Å². The summed E-state index contributed by atoms with van der Waals surface area (Å²) >= 11 is 0. The third kappa shape index (κ3) is 4.88. The molecule has 1 amide bonds. The maximum atomic E-state index is 11.7. The molecule has 0 spiro atoms. The Balaban J connectivity index is 1.31. The molecule has 0 saturated carbocycles. The minimum atomic E-state index is -0.903. The summed E-state index contributed by atoms with van der Waals surface area (Å²) in [4.78, 5) is 27.5. The number of hydrogen-bond acceptors (Lipinski definition) is 8. The number of nitrogens with zero attached hydrogens (tertiary/aromatic N) is 5. The third-order valence-electron chi connectivity index (χ3n) is 7.88. The molecule has 0 radical (unpaired) electrons. The molecule has 10 heteroatoms. The number of piperazine rings is 1. The Morgan fingerprint density at radius 1 is 1.05 bits per heavy atom. The first kappa shape index (κ1) is 24.5. The van der Waals surface area contributed by atoms with Crippen molar-refractivity contribution in [3.63, 3.8) is 0 Å². The number of phenols is 1. The highest BCUT2D eigenvalue weighted by atomic mass is 16.5. The molecule has 1 atom stereocenters.